The highest BCUT2D eigenvalue weighted by atomic mass is 32.1. The van der Waals surface area contributed by atoms with Crippen LogP contribution in [0.2, 0.25) is 0 Å². The van der Waals surface area contributed by atoms with Crippen LogP contribution in [0, 0.1) is 10.1 Å². The van der Waals surface area contributed by atoms with Crippen molar-refractivity contribution in [2.45, 2.75) is 13.8 Å². The lowest BCUT2D eigenvalue weighted by Crippen LogP contribution is -2.30. The molecule has 128 valence electrons. The Balaban J connectivity index is 2.26. The summed E-state index contributed by atoms with van der Waals surface area (Å²) >= 11 is 1.59. The fourth-order valence-corrected chi connectivity index (χ4v) is 3.78. The van der Waals surface area contributed by atoms with E-state index in [1.54, 1.807) is 22.3 Å². The molecular formula is C19H18N2O3S. The molecule has 0 bridgehead atoms. The first-order chi connectivity index (χ1) is 12.1. The summed E-state index contributed by atoms with van der Waals surface area (Å²) in [6, 6.07) is 12.2. The molecule has 0 aliphatic rings. The zero-order valence-electron chi connectivity index (χ0n) is 14.1. The molecule has 0 saturated heterocycles. The molecule has 6 heteroatoms. The van der Waals surface area contributed by atoms with Crippen molar-refractivity contribution in [3.8, 4) is 11.1 Å². The number of benzene rings is 2. The lowest BCUT2D eigenvalue weighted by atomic mass is 9.95. The number of nitro benzene ring substituents is 1. The van der Waals surface area contributed by atoms with E-state index in [-0.39, 0.29) is 11.6 Å². The van der Waals surface area contributed by atoms with Crippen LogP contribution in [0.25, 0.3) is 21.2 Å². The van der Waals surface area contributed by atoms with Crippen molar-refractivity contribution in [3.05, 3.63) is 63.5 Å². The van der Waals surface area contributed by atoms with Crippen LogP contribution in [0.15, 0.2) is 47.8 Å². The third-order valence-electron chi connectivity index (χ3n) is 4.26. The van der Waals surface area contributed by atoms with Crippen LogP contribution in [0.3, 0.4) is 0 Å². The average Bonchev–Trinajstić information content (AvgIpc) is 3.10. The fraction of sp³-hybridized carbons (Fsp3) is 0.211. The van der Waals surface area contributed by atoms with E-state index in [0.717, 1.165) is 15.6 Å². The van der Waals surface area contributed by atoms with Crippen LogP contribution in [0.5, 0.6) is 0 Å². The predicted octanol–water partition coefficient (Wildman–Crippen LogP) is 4.96. The van der Waals surface area contributed by atoms with Crippen molar-refractivity contribution in [1.82, 2.24) is 4.90 Å². The molecule has 0 N–H and O–H groups in total. The zero-order chi connectivity index (χ0) is 18.0. The molecule has 0 fully saturated rings. The molecule has 0 radical (unpaired) electrons. The molecule has 0 atom stereocenters. The maximum atomic E-state index is 13.0. The molecule has 0 aliphatic carbocycles. The van der Waals surface area contributed by atoms with Crippen molar-refractivity contribution in [2.24, 2.45) is 0 Å². The molecule has 1 aromatic heterocycles. The number of nitrogens with zero attached hydrogens (tertiary/aromatic N) is 2. The molecule has 3 aromatic rings. The van der Waals surface area contributed by atoms with E-state index >= 15 is 0 Å². The van der Waals surface area contributed by atoms with Gasteiger partial charge in [-0.1, -0.05) is 12.1 Å². The van der Waals surface area contributed by atoms with Gasteiger partial charge in [-0.05, 0) is 43.0 Å². The second-order valence-electron chi connectivity index (χ2n) is 5.61. The van der Waals surface area contributed by atoms with Crippen molar-refractivity contribution in [2.75, 3.05) is 13.1 Å². The lowest BCUT2D eigenvalue weighted by molar-refractivity contribution is -0.384. The Kier molecular flexibility index (Phi) is 4.81. The predicted molar refractivity (Wildman–Crippen MR) is 101 cm³/mol. The summed E-state index contributed by atoms with van der Waals surface area (Å²) < 4.78 is 1.05. The van der Waals surface area contributed by atoms with E-state index in [0.29, 0.717) is 24.2 Å². The second kappa shape index (κ2) is 7.03. The molecule has 25 heavy (non-hydrogen) atoms. The van der Waals surface area contributed by atoms with Crippen molar-refractivity contribution in [1.29, 1.82) is 0 Å². The van der Waals surface area contributed by atoms with Gasteiger partial charge in [0, 0.05) is 46.4 Å². The molecule has 2 aromatic carbocycles. The van der Waals surface area contributed by atoms with Crippen LogP contribution in [-0.2, 0) is 0 Å². The first-order valence-corrected chi connectivity index (χ1v) is 8.99. The molecular weight excluding hydrogens is 336 g/mol. The van der Waals surface area contributed by atoms with Crippen LogP contribution in [0.4, 0.5) is 5.69 Å². The highest BCUT2D eigenvalue weighted by Gasteiger charge is 2.21. The van der Waals surface area contributed by atoms with Gasteiger partial charge in [-0.25, -0.2) is 0 Å². The van der Waals surface area contributed by atoms with Gasteiger partial charge < -0.3 is 4.90 Å². The smallest absolute Gasteiger partial charge is 0.270 e. The topological polar surface area (TPSA) is 63.5 Å². The number of carbonyl (C=O) groups excluding carboxylic acids is 1. The van der Waals surface area contributed by atoms with Gasteiger partial charge in [-0.2, -0.15) is 0 Å². The Morgan fingerprint density at radius 3 is 2.60 bits per heavy atom. The summed E-state index contributed by atoms with van der Waals surface area (Å²) in [4.78, 5) is 25.5. The maximum absolute atomic E-state index is 13.0. The monoisotopic (exact) mass is 354 g/mol. The van der Waals surface area contributed by atoms with Gasteiger partial charge >= 0.3 is 0 Å². The molecule has 3 rings (SSSR count). The quantitative estimate of drug-likeness (QED) is 0.480. The highest BCUT2D eigenvalue weighted by molar-refractivity contribution is 7.17. The average molecular weight is 354 g/mol. The number of thiophene rings is 1. The summed E-state index contributed by atoms with van der Waals surface area (Å²) in [6.45, 7) is 5.12. The SMILES string of the molecule is CCN(CC)C(=O)c1ccc2sccc2c1-c1cccc([N+](=O)[O-])c1. The van der Waals surface area contributed by atoms with Gasteiger partial charge in [0.05, 0.1) is 4.92 Å². The minimum absolute atomic E-state index is 0.0194. The lowest BCUT2D eigenvalue weighted by Gasteiger charge is -2.21. The van der Waals surface area contributed by atoms with Gasteiger partial charge in [-0.3, -0.25) is 14.9 Å². The number of carbonyl (C=O) groups is 1. The summed E-state index contributed by atoms with van der Waals surface area (Å²) in [5.41, 5.74) is 2.05. The Morgan fingerprint density at radius 1 is 1.16 bits per heavy atom. The number of nitro groups is 1. The van der Waals surface area contributed by atoms with E-state index in [2.05, 4.69) is 0 Å². The summed E-state index contributed by atoms with van der Waals surface area (Å²) in [7, 11) is 0. The number of hydrogen-bond donors (Lipinski definition) is 0. The van der Waals surface area contributed by atoms with Crippen molar-refractivity contribution < 1.29 is 9.72 Å². The van der Waals surface area contributed by atoms with E-state index in [9.17, 15) is 14.9 Å². The number of fused-ring (bicyclic) bond motifs is 1. The number of amides is 1. The van der Waals surface area contributed by atoms with Crippen molar-refractivity contribution >= 4 is 33.0 Å². The molecule has 0 unspecified atom stereocenters. The molecule has 0 aliphatic heterocycles. The normalized spacial score (nSPS) is 10.8. The number of rotatable bonds is 5. The van der Waals surface area contributed by atoms with Crippen LogP contribution >= 0.6 is 11.3 Å². The first kappa shape index (κ1) is 17.1. The summed E-state index contributed by atoms with van der Waals surface area (Å²) in [5.74, 6) is -0.0559. The van der Waals surface area contributed by atoms with Gasteiger partial charge in [0.25, 0.3) is 11.6 Å². The van der Waals surface area contributed by atoms with Crippen LogP contribution < -0.4 is 0 Å². The molecule has 5 nitrogen and oxygen atoms in total. The molecule has 0 saturated carbocycles. The van der Waals surface area contributed by atoms with Crippen LogP contribution in [0.1, 0.15) is 24.2 Å². The molecule has 0 spiro atoms. The second-order valence-corrected chi connectivity index (χ2v) is 6.55. The first-order valence-electron chi connectivity index (χ1n) is 8.11. The Bertz CT molecular complexity index is 945. The van der Waals surface area contributed by atoms with Gasteiger partial charge in [-0.15, -0.1) is 11.3 Å². The van der Waals surface area contributed by atoms with Crippen LogP contribution in [-0.4, -0.2) is 28.8 Å². The van der Waals surface area contributed by atoms with E-state index < -0.39 is 4.92 Å². The number of non-ortho nitro benzene ring substituents is 1. The summed E-state index contributed by atoms with van der Waals surface area (Å²) in [5, 5.41) is 14.1. The minimum Gasteiger partial charge on any atom is -0.339 e. The third kappa shape index (κ3) is 3.13. The standard InChI is InChI=1S/C19H18N2O3S/c1-3-20(4-2)19(22)16-8-9-17-15(10-11-25-17)18(16)13-6-5-7-14(12-13)21(23)24/h5-12H,3-4H2,1-2H3. The van der Waals surface area contributed by atoms with Crippen molar-refractivity contribution in [3.63, 3.8) is 0 Å². The van der Waals surface area contributed by atoms with E-state index in [1.807, 2.05) is 43.5 Å². The van der Waals surface area contributed by atoms with Gasteiger partial charge in [0.15, 0.2) is 0 Å². The van der Waals surface area contributed by atoms with E-state index in [1.165, 1.54) is 12.1 Å². The Labute approximate surface area is 149 Å². The maximum Gasteiger partial charge on any atom is 0.270 e. The third-order valence-corrected chi connectivity index (χ3v) is 5.14. The molecule has 1 heterocycles. The fourth-order valence-electron chi connectivity index (χ4n) is 2.99. The minimum atomic E-state index is -0.414. The zero-order valence-corrected chi connectivity index (χ0v) is 14.9. The van der Waals surface area contributed by atoms with Gasteiger partial charge in [0.1, 0.15) is 0 Å². The summed E-state index contributed by atoms with van der Waals surface area (Å²) in [6.07, 6.45) is 0. The Hall–Kier alpha value is -2.73. The van der Waals surface area contributed by atoms with E-state index in [4.69, 9.17) is 0 Å². The largest absolute Gasteiger partial charge is 0.339 e. The Morgan fingerprint density at radius 2 is 1.92 bits per heavy atom. The van der Waals surface area contributed by atoms with Gasteiger partial charge in [0.2, 0.25) is 0 Å². The highest BCUT2D eigenvalue weighted by Crippen LogP contribution is 2.36. The molecule has 1 amide bonds. The number of hydrogen-bond acceptors (Lipinski definition) is 4.